The Labute approximate surface area is 447 Å². The molecule has 0 rings (SSSR count). The molecule has 0 saturated carbocycles. The van der Waals surface area contributed by atoms with E-state index in [0.29, 0.717) is 17.4 Å². The average Bonchev–Trinajstić information content (AvgIpc) is 3.35. The standard InChI is InChI=1S/C63H104NO8P/c1-6-8-10-12-14-16-18-19-20-21-22-23-24-25-26-27-28-29-30-31-32-33-34-35-36-37-38-39-40-41-42-43-44-45-46-48-50-52-54-56-63(66)72-61(60-71-73(67,68)70-58-57-64(3,4)5)59-69-62(65)55-53-51-49-47-17-15-13-11-9-7-2/h8,10,14,16,19-20,22-23,25-26,28-29,31-32,34-35,37-38,40-41,43-44,61H,6-7,9,11-13,15,17-18,21,24,27,30,33,36,39,42,45-60H2,1-5H3/p+1/b10-8-,16-14-,20-19-,23-22-,26-25-,29-28-,32-31-,35-34-,38-37-,41-40-,44-43-. The second-order valence-corrected chi connectivity index (χ2v) is 21.0. The third-order valence-corrected chi connectivity index (χ3v) is 12.4. The van der Waals surface area contributed by atoms with Crippen molar-refractivity contribution in [3.8, 4) is 0 Å². The normalized spacial score (nSPS) is 14.3. The molecule has 0 amide bonds. The van der Waals surface area contributed by atoms with Gasteiger partial charge >= 0.3 is 19.8 Å². The molecule has 0 aromatic heterocycles. The van der Waals surface area contributed by atoms with Gasteiger partial charge in [0.1, 0.15) is 19.8 Å². The molecule has 10 heteroatoms. The maximum atomic E-state index is 12.8. The Bertz CT molecular complexity index is 1690. The molecule has 0 aliphatic carbocycles. The molecule has 414 valence electrons. The number of carbonyl (C=O) groups excluding carboxylic acids is 2. The number of carbonyl (C=O) groups is 2. The van der Waals surface area contributed by atoms with Gasteiger partial charge in [-0.2, -0.15) is 0 Å². The van der Waals surface area contributed by atoms with E-state index in [0.717, 1.165) is 122 Å². The van der Waals surface area contributed by atoms with Crippen LogP contribution in [0.3, 0.4) is 0 Å². The number of hydrogen-bond acceptors (Lipinski definition) is 7. The fourth-order valence-corrected chi connectivity index (χ4v) is 7.82. The average molecular weight is 1040 g/mol. The van der Waals surface area contributed by atoms with Crippen molar-refractivity contribution in [1.82, 2.24) is 0 Å². The highest BCUT2D eigenvalue weighted by atomic mass is 31.2. The quantitative estimate of drug-likeness (QED) is 0.0211. The Balaban J connectivity index is 4.14. The van der Waals surface area contributed by atoms with Gasteiger partial charge in [-0.05, 0) is 96.3 Å². The molecule has 0 aliphatic heterocycles. The van der Waals surface area contributed by atoms with Crippen LogP contribution in [0, 0.1) is 0 Å². The zero-order valence-electron chi connectivity index (χ0n) is 46.8. The van der Waals surface area contributed by atoms with E-state index in [9.17, 15) is 19.0 Å². The fraction of sp³-hybridized carbons (Fsp3) is 0.619. The highest BCUT2D eigenvalue weighted by molar-refractivity contribution is 7.47. The van der Waals surface area contributed by atoms with Crippen LogP contribution in [0.4, 0.5) is 0 Å². The lowest BCUT2D eigenvalue weighted by Crippen LogP contribution is -2.37. The minimum Gasteiger partial charge on any atom is -0.462 e. The minimum atomic E-state index is -4.39. The molecule has 0 radical (unpaired) electrons. The molecule has 73 heavy (non-hydrogen) atoms. The van der Waals surface area contributed by atoms with Crippen molar-refractivity contribution in [3.63, 3.8) is 0 Å². The number of phosphoric acid groups is 1. The summed E-state index contributed by atoms with van der Waals surface area (Å²) in [6.45, 7) is 4.25. The number of ether oxygens (including phenoxy) is 2. The molecule has 1 N–H and O–H groups in total. The molecule has 0 aromatic carbocycles. The topological polar surface area (TPSA) is 108 Å². The third kappa shape index (κ3) is 57.3. The van der Waals surface area contributed by atoms with Crippen LogP contribution in [0.2, 0.25) is 0 Å². The van der Waals surface area contributed by atoms with Gasteiger partial charge in [0.25, 0.3) is 0 Å². The summed E-state index contributed by atoms with van der Waals surface area (Å²) in [5, 5.41) is 0. The van der Waals surface area contributed by atoms with E-state index in [1.54, 1.807) is 0 Å². The lowest BCUT2D eigenvalue weighted by atomic mass is 10.1. The van der Waals surface area contributed by atoms with Gasteiger partial charge in [0.05, 0.1) is 27.7 Å². The van der Waals surface area contributed by atoms with Gasteiger partial charge in [0.15, 0.2) is 6.10 Å². The largest absolute Gasteiger partial charge is 0.472 e. The molecular formula is C63H105NO8P+. The van der Waals surface area contributed by atoms with Crippen LogP contribution in [-0.4, -0.2) is 74.9 Å². The summed E-state index contributed by atoms with van der Waals surface area (Å²) in [7, 11) is 1.45. The van der Waals surface area contributed by atoms with Gasteiger partial charge in [-0.1, -0.05) is 225 Å². The molecule has 0 bridgehead atoms. The van der Waals surface area contributed by atoms with Crippen LogP contribution in [0.5, 0.6) is 0 Å². The van der Waals surface area contributed by atoms with Gasteiger partial charge in [0.2, 0.25) is 0 Å². The molecular weight excluding hydrogens is 930 g/mol. The van der Waals surface area contributed by atoms with Crippen molar-refractivity contribution < 1.29 is 42.1 Å². The Morgan fingerprint density at radius 1 is 0.438 bits per heavy atom. The van der Waals surface area contributed by atoms with E-state index in [4.69, 9.17) is 18.5 Å². The number of allylic oxidation sites excluding steroid dienone is 22. The SMILES string of the molecule is CC/C=C\C/C=C\C/C=C\C/C=C\C/C=C\C/C=C\C/C=C\C/C=C\C/C=C\C/C=C\C/C=C\CCCCCCCC(=O)OC(COC(=O)CCCCCCCCCCCC)COP(=O)(O)OCC[N+](C)(C)C. The smallest absolute Gasteiger partial charge is 0.462 e. The monoisotopic (exact) mass is 1030 g/mol. The van der Waals surface area contributed by atoms with Gasteiger partial charge in [-0.3, -0.25) is 18.6 Å². The predicted molar refractivity (Wildman–Crippen MR) is 311 cm³/mol. The zero-order chi connectivity index (χ0) is 53.5. The lowest BCUT2D eigenvalue weighted by molar-refractivity contribution is -0.870. The number of nitrogens with zero attached hydrogens (tertiary/aromatic N) is 1. The second kappa shape index (κ2) is 53.0. The molecule has 0 heterocycles. The Kier molecular flexibility index (Phi) is 50.2. The van der Waals surface area contributed by atoms with Crippen LogP contribution < -0.4 is 0 Å². The highest BCUT2D eigenvalue weighted by Crippen LogP contribution is 2.43. The Hall–Kier alpha value is -3.85. The van der Waals surface area contributed by atoms with Gasteiger partial charge in [-0.25, -0.2) is 4.57 Å². The maximum Gasteiger partial charge on any atom is 0.472 e. The number of likely N-dealkylation sites (N-methyl/N-ethyl adjacent to an activating group) is 1. The first-order valence-corrected chi connectivity index (χ1v) is 29.9. The van der Waals surface area contributed by atoms with Crippen molar-refractivity contribution in [1.29, 1.82) is 0 Å². The van der Waals surface area contributed by atoms with Gasteiger partial charge in [0, 0.05) is 12.8 Å². The Morgan fingerprint density at radius 2 is 0.781 bits per heavy atom. The van der Waals surface area contributed by atoms with Gasteiger partial charge in [-0.15, -0.1) is 0 Å². The van der Waals surface area contributed by atoms with Crippen molar-refractivity contribution in [2.75, 3.05) is 47.5 Å². The Morgan fingerprint density at radius 3 is 1.16 bits per heavy atom. The van der Waals surface area contributed by atoms with Crippen LogP contribution in [-0.2, 0) is 32.7 Å². The van der Waals surface area contributed by atoms with Crippen LogP contribution in [0.25, 0.3) is 0 Å². The van der Waals surface area contributed by atoms with E-state index in [-0.39, 0.29) is 32.0 Å². The summed E-state index contributed by atoms with van der Waals surface area (Å²) in [4.78, 5) is 35.5. The third-order valence-electron chi connectivity index (χ3n) is 11.4. The molecule has 2 atom stereocenters. The van der Waals surface area contributed by atoms with Crippen molar-refractivity contribution in [2.24, 2.45) is 0 Å². The van der Waals surface area contributed by atoms with E-state index in [1.165, 1.54) is 44.9 Å². The second-order valence-electron chi connectivity index (χ2n) is 19.6. The summed E-state index contributed by atoms with van der Waals surface area (Å²) in [5.41, 5.74) is 0. The number of esters is 2. The summed E-state index contributed by atoms with van der Waals surface area (Å²) in [5.74, 6) is -0.831. The summed E-state index contributed by atoms with van der Waals surface area (Å²) in [6, 6.07) is 0. The van der Waals surface area contributed by atoms with Crippen molar-refractivity contribution in [3.05, 3.63) is 134 Å². The minimum absolute atomic E-state index is 0.0218. The molecule has 0 aromatic rings. The summed E-state index contributed by atoms with van der Waals surface area (Å²) in [6.07, 6.45) is 76.8. The van der Waals surface area contributed by atoms with Crippen molar-refractivity contribution >= 4 is 19.8 Å². The molecule has 0 aliphatic rings. The predicted octanol–water partition coefficient (Wildman–Crippen LogP) is 17.8. The first-order chi connectivity index (χ1) is 35.5. The molecule has 0 saturated heterocycles. The zero-order valence-corrected chi connectivity index (χ0v) is 47.7. The summed E-state index contributed by atoms with van der Waals surface area (Å²) < 4.78 is 34.4. The highest BCUT2D eigenvalue weighted by Gasteiger charge is 2.27. The number of rotatable bonds is 50. The lowest BCUT2D eigenvalue weighted by Gasteiger charge is -2.24. The van der Waals surface area contributed by atoms with E-state index < -0.39 is 26.5 Å². The molecule has 9 nitrogen and oxygen atoms in total. The number of hydrogen-bond donors (Lipinski definition) is 1. The molecule has 0 fully saturated rings. The van der Waals surface area contributed by atoms with E-state index >= 15 is 0 Å². The number of phosphoric ester groups is 1. The summed E-state index contributed by atoms with van der Waals surface area (Å²) >= 11 is 0. The van der Waals surface area contributed by atoms with Gasteiger partial charge < -0.3 is 18.9 Å². The van der Waals surface area contributed by atoms with E-state index in [2.05, 4.69) is 148 Å². The molecule has 2 unspecified atom stereocenters. The van der Waals surface area contributed by atoms with Crippen molar-refractivity contribution in [2.45, 2.75) is 206 Å². The molecule has 0 spiro atoms. The first-order valence-electron chi connectivity index (χ1n) is 28.4. The van der Waals surface area contributed by atoms with Crippen LogP contribution in [0.1, 0.15) is 200 Å². The maximum absolute atomic E-state index is 12.8. The van der Waals surface area contributed by atoms with Crippen LogP contribution in [0.15, 0.2) is 134 Å². The number of quaternary nitrogens is 1. The van der Waals surface area contributed by atoms with Crippen LogP contribution >= 0.6 is 7.82 Å². The first kappa shape index (κ1) is 69.2. The van der Waals surface area contributed by atoms with E-state index in [1.807, 2.05) is 21.1 Å². The fourth-order valence-electron chi connectivity index (χ4n) is 7.08. The number of unbranched alkanes of at least 4 members (excludes halogenated alkanes) is 14.